The van der Waals surface area contributed by atoms with E-state index in [4.69, 9.17) is 5.11 Å². The maximum atomic E-state index is 10.6. The van der Waals surface area contributed by atoms with E-state index < -0.39 is 5.97 Å². The second-order valence-corrected chi connectivity index (χ2v) is 2.49. The predicted octanol–water partition coefficient (Wildman–Crippen LogP) is 0.744. The van der Waals surface area contributed by atoms with Crippen LogP contribution < -0.4 is 0 Å². The molecule has 0 bridgehead atoms. The third-order valence-electron chi connectivity index (χ3n) is 1.76. The molecular weight excluding hydrogens is 156 g/mol. The fraction of sp³-hybridized carbons (Fsp3) is 0.125. The van der Waals surface area contributed by atoms with Crippen LogP contribution in [0.15, 0.2) is 12.4 Å². The van der Waals surface area contributed by atoms with Gasteiger partial charge in [0.05, 0.1) is 5.69 Å². The summed E-state index contributed by atoms with van der Waals surface area (Å²) in [6.07, 6.45) is 5.62. The largest absolute Gasteiger partial charge is 0.476 e. The summed E-state index contributed by atoms with van der Waals surface area (Å²) in [4.78, 5) is 18.3. The molecule has 1 aromatic heterocycles. The molecular formula is C8H6N2O2. The molecule has 4 nitrogen and oxygen atoms in total. The summed E-state index contributed by atoms with van der Waals surface area (Å²) in [6.45, 7) is 0. The van der Waals surface area contributed by atoms with Crippen LogP contribution in [0.25, 0.3) is 6.08 Å². The van der Waals surface area contributed by atoms with Gasteiger partial charge in [-0.2, -0.15) is 0 Å². The van der Waals surface area contributed by atoms with Crippen LogP contribution in [-0.2, 0) is 6.42 Å². The molecule has 2 rings (SSSR count). The highest BCUT2D eigenvalue weighted by Crippen LogP contribution is 2.18. The van der Waals surface area contributed by atoms with E-state index in [1.165, 1.54) is 6.33 Å². The minimum Gasteiger partial charge on any atom is -0.476 e. The molecule has 0 unspecified atom stereocenters. The molecule has 0 spiro atoms. The molecule has 60 valence electrons. The van der Waals surface area contributed by atoms with Gasteiger partial charge in [0.2, 0.25) is 0 Å². The molecule has 1 aromatic rings. The lowest BCUT2D eigenvalue weighted by Crippen LogP contribution is -2.05. The number of carboxylic acid groups (broad SMARTS) is 1. The summed E-state index contributed by atoms with van der Waals surface area (Å²) in [7, 11) is 0. The SMILES string of the molecule is O=C(O)c1ncnc2c1C=CC2. The zero-order valence-corrected chi connectivity index (χ0v) is 6.19. The second-order valence-electron chi connectivity index (χ2n) is 2.49. The minimum atomic E-state index is -1.000. The fourth-order valence-electron chi connectivity index (χ4n) is 1.23. The fourth-order valence-corrected chi connectivity index (χ4v) is 1.23. The second kappa shape index (κ2) is 2.41. The molecule has 0 amide bonds. The molecule has 0 atom stereocenters. The van der Waals surface area contributed by atoms with Crippen molar-refractivity contribution in [3.63, 3.8) is 0 Å². The summed E-state index contributed by atoms with van der Waals surface area (Å²) < 4.78 is 0. The number of aromatic nitrogens is 2. The highest BCUT2D eigenvalue weighted by molar-refractivity contribution is 5.90. The Balaban J connectivity index is 2.63. The summed E-state index contributed by atoms with van der Waals surface area (Å²) in [5.41, 5.74) is 1.53. The number of allylic oxidation sites excluding steroid dienone is 1. The van der Waals surface area contributed by atoms with Gasteiger partial charge in [0.15, 0.2) is 5.69 Å². The molecule has 0 saturated heterocycles. The van der Waals surface area contributed by atoms with Crippen LogP contribution in [0.2, 0.25) is 0 Å². The van der Waals surface area contributed by atoms with Crippen LogP contribution in [0, 0.1) is 0 Å². The Kier molecular flexibility index (Phi) is 1.40. The Morgan fingerprint density at radius 1 is 1.50 bits per heavy atom. The van der Waals surface area contributed by atoms with Crippen molar-refractivity contribution in [3.05, 3.63) is 29.4 Å². The van der Waals surface area contributed by atoms with Crippen LogP contribution in [0.3, 0.4) is 0 Å². The first kappa shape index (κ1) is 6.97. The molecule has 0 fully saturated rings. The van der Waals surface area contributed by atoms with Crippen LogP contribution in [0.1, 0.15) is 21.7 Å². The van der Waals surface area contributed by atoms with E-state index in [1.807, 2.05) is 6.08 Å². The quantitative estimate of drug-likeness (QED) is 0.661. The Labute approximate surface area is 68.6 Å². The first-order valence-electron chi connectivity index (χ1n) is 3.53. The number of hydrogen-bond donors (Lipinski definition) is 1. The molecule has 0 saturated carbocycles. The van der Waals surface area contributed by atoms with Crippen molar-refractivity contribution < 1.29 is 9.90 Å². The van der Waals surface area contributed by atoms with Crippen LogP contribution >= 0.6 is 0 Å². The van der Waals surface area contributed by atoms with Crippen LogP contribution in [-0.4, -0.2) is 21.0 Å². The van der Waals surface area contributed by atoms with Gasteiger partial charge in [0.25, 0.3) is 0 Å². The van der Waals surface area contributed by atoms with Gasteiger partial charge in [-0.05, 0) is 0 Å². The van der Waals surface area contributed by atoms with E-state index >= 15 is 0 Å². The first-order chi connectivity index (χ1) is 5.79. The van der Waals surface area contributed by atoms with E-state index in [9.17, 15) is 4.79 Å². The summed E-state index contributed by atoms with van der Waals surface area (Å²) in [6, 6.07) is 0. The van der Waals surface area contributed by atoms with Gasteiger partial charge in [0.1, 0.15) is 6.33 Å². The van der Waals surface area contributed by atoms with Crippen molar-refractivity contribution in [1.82, 2.24) is 9.97 Å². The lowest BCUT2D eigenvalue weighted by atomic mass is 10.2. The Morgan fingerprint density at radius 2 is 2.33 bits per heavy atom. The topological polar surface area (TPSA) is 63.1 Å². The van der Waals surface area contributed by atoms with E-state index in [0.29, 0.717) is 12.0 Å². The highest BCUT2D eigenvalue weighted by atomic mass is 16.4. The zero-order valence-electron chi connectivity index (χ0n) is 6.19. The Morgan fingerprint density at radius 3 is 3.08 bits per heavy atom. The number of hydrogen-bond acceptors (Lipinski definition) is 3. The number of nitrogens with zero attached hydrogens (tertiary/aromatic N) is 2. The molecule has 0 radical (unpaired) electrons. The monoisotopic (exact) mass is 162 g/mol. The maximum Gasteiger partial charge on any atom is 0.355 e. The van der Waals surface area contributed by atoms with Crippen molar-refractivity contribution in [2.75, 3.05) is 0 Å². The normalized spacial score (nSPS) is 13.0. The number of carboxylic acids is 1. The van der Waals surface area contributed by atoms with Gasteiger partial charge < -0.3 is 5.11 Å². The Bertz CT molecular complexity index is 371. The van der Waals surface area contributed by atoms with Gasteiger partial charge in [-0.1, -0.05) is 12.2 Å². The van der Waals surface area contributed by atoms with Gasteiger partial charge in [-0.15, -0.1) is 0 Å². The minimum absolute atomic E-state index is 0.0914. The molecule has 1 aliphatic carbocycles. The number of carbonyl (C=O) groups is 1. The van der Waals surface area contributed by atoms with E-state index in [-0.39, 0.29) is 5.69 Å². The summed E-state index contributed by atoms with van der Waals surface area (Å²) in [5.74, 6) is -1.000. The van der Waals surface area contributed by atoms with Gasteiger partial charge in [-0.25, -0.2) is 14.8 Å². The van der Waals surface area contributed by atoms with Crippen LogP contribution in [0.5, 0.6) is 0 Å². The van der Waals surface area contributed by atoms with Gasteiger partial charge >= 0.3 is 5.97 Å². The van der Waals surface area contributed by atoms with Gasteiger partial charge in [-0.3, -0.25) is 0 Å². The first-order valence-corrected chi connectivity index (χ1v) is 3.53. The molecule has 1 N–H and O–H groups in total. The van der Waals surface area contributed by atoms with Gasteiger partial charge in [0, 0.05) is 12.0 Å². The van der Waals surface area contributed by atoms with E-state index in [1.54, 1.807) is 6.08 Å². The molecule has 0 aliphatic heterocycles. The average Bonchev–Trinajstić information content (AvgIpc) is 2.49. The molecule has 12 heavy (non-hydrogen) atoms. The lowest BCUT2D eigenvalue weighted by molar-refractivity contribution is 0.0690. The highest BCUT2D eigenvalue weighted by Gasteiger charge is 2.16. The third kappa shape index (κ3) is 0.887. The zero-order chi connectivity index (χ0) is 8.55. The van der Waals surface area contributed by atoms with Crippen molar-refractivity contribution in [2.24, 2.45) is 0 Å². The standard InChI is InChI=1S/C8H6N2O2/c11-8(12)7-5-2-1-3-6(5)9-4-10-7/h1-2,4H,3H2,(H,11,12). The number of fused-ring (bicyclic) bond motifs is 1. The summed E-state index contributed by atoms with van der Waals surface area (Å²) >= 11 is 0. The lowest BCUT2D eigenvalue weighted by Gasteiger charge is -1.99. The number of rotatable bonds is 1. The smallest absolute Gasteiger partial charge is 0.355 e. The molecule has 0 aromatic carbocycles. The Hall–Kier alpha value is -1.71. The summed E-state index contributed by atoms with van der Waals surface area (Å²) in [5, 5.41) is 8.72. The van der Waals surface area contributed by atoms with Crippen molar-refractivity contribution in [1.29, 1.82) is 0 Å². The van der Waals surface area contributed by atoms with Crippen molar-refractivity contribution >= 4 is 12.0 Å². The van der Waals surface area contributed by atoms with Crippen molar-refractivity contribution in [3.8, 4) is 0 Å². The molecule has 1 aliphatic rings. The molecule has 4 heteroatoms. The third-order valence-corrected chi connectivity index (χ3v) is 1.76. The van der Waals surface area contributed by atoms with Crippen LogP contribution in [0.4, 0.5) is 0 Å². The van der Waals surface area contributed by atoms with Crippen molar-refractivity contribution in [2.45, 2.75) is 6.42 Å². The van der Waals surface area contributed by atoms with E-state index in [2.05, 4.69) is 9.97 Å². The maximum absolute atomic E-state index is 10.6. The van der Waals surface area contributed by atoms with E-state index in [0.717, 1.165) is 5.69 Å². The molecule has 1 heterocycles. The predicted molar refractivity (Wildman–Crippen MR) is 41.7 cm³/mol. The average molecular weight is 162 g/mol. The number of aromatic carboxylic acids is 1.